The molecule has 0 heterocycles. The van der Waals surface area contributed by atoms with Gasteiger partial charge < -0.3 is 5.73 Å². The van der Waals surface area contributed by atoms with Crippen molar-refractivity contribution in [3.8, 4) is 0 Å². The summed E-state index contributed by atoms with van der Waals surface area (Å²) in [6.45, 7) is 2.12. The second-order valence-electron chi connectivity index (χ2n) is 5.55. The highest BCUT2D eigenvalue weighted by atomic mass is 35.5. The summed E-state index contributed by atoms with van der Waals surface area (Å²) in [4.78, 5) is 0. The quantitative estimate of drug-likeness (QED) is 0.870. The lowest BCUT2D eigenvalue weighted by atomic mass is 9.91. The molecule has 0 radical (unpaired) electrons. The van der Waals surface area contributed by atoms with E-state index in [1.54, 1.807) is 18.2 Å². The maximum atomic E-state index is 12.4. The van der Waals surface area contributed by atoms with Crippen LogP contribution in [0.3, 0.4) is 0 Å². The first-order valence-electron chi connectivity index (χ1n) is 6.64. The molecule has 0 bridgehead atoms. The van der Waals surface area contributed by atoms with Crippen molar-refractivity contribution in [1.29, 1.82) is 0 Å². The van der Waals surface area contributed by atoms with Gasteiger partial charge in [0, 0.05) is 10.7 Å². The van der Waals surface area contributed by atoms with E-state index in [9.17, 15) is 8.42 Å². The zero-order valence-corrected chi connectivity index (χ0v) is 12.7. The number of benzene rings is 1. The fraction of sp³-hybridized carbons (Fsp3) is 0.571. The zero-order chi connectivity index (χ0) is 14.0. The molecule has 1 saturated carbocycles. The van der Waals surface area contributed by atoms with Crippen LogP contribution in [0.15, 0.2) is 18.2 Å². The minimum Gasteiger partial charge on any atom is -0.399 e. The summed E-state index contributed by atoms with van der Waals surface area (Å²) < 4.78 is 24.9. The van der Waals surface area contributed by atoms with Crippen LogP contribution in [-0.4, -0.2) is 13.7 Å². The van der Waals surface area contributed by atoms with Crippen LogP contribution in [0.25, 0.3) is 0 Å². The summed E-state index contributed by atoms with van der Waals surface area (Å²) in [7, 11) is -3.13. The highest BCUT2D eigenvalue weighted by Gasteiger charge is 2.30. The number of nitrogen functional groups attached to an aromatic ring is 1. The van der Waals surface area contributed by atoms with Crippen molar-refractivity contribution in [2.75, 3.05) is 5.73 Å². The summed E-state index contributed by atoms with van der Waals surface area (Å²) >= 11 is 6.06. The molecule has 0 saturated heterocycles. The molecule has 3 nitrogen and oxygen atoms in total. The topological polar surface area (TPSA) is 60.2 Å². The Kier molecular flexibility index (Phi) is 4.41. The Labute approximate surface area is 120 Å². The van der Waals surface area contributed by atoms with Gasteiger partial charge in [-0.2, -0.15) is 0 Å². The Morgan fingerprint density at radius 3 is 2.74 bits per heavy atom. The summed E-state index contributed by atoms with van der Waals surface area (Å²) in [5.41, 5.74) is 6.82. The summed E-state index contributed by atoms with van der Waals surface area (Å²) in [5, 5.41) is 0.220. The maximum Gasteiger partial charge on any atom is 0.157 e. The van der Waals surface area contributed by atoms with Gasteiger partial charge >= 0.3 is 0 Å². The summed E-state index contributed by atoms with van der Waals surface area (Å²) in [6.07, 6.45) is 3.68. The molecular weight excluding hydrogens is 282 g/mol. The molecule has 1 aromatic carbocycles. The molecule has 2 rings (SSSR count). The average molecular weight is 302 g/mol. The van der Waals surface area contributed by atoms with Gasteiger partial charge in [0.25, 0.3) is 0 Å². The lowest BCUT2D eigenvalue weighted by Gasteiger charge is -2.26. The lowest BCUT2D eigenvalue weighted by molar-refractivity contribution is 0.382. The van der Waals surface area contributed by atoms with Crippen LogP contribution in [-0.2, 0) is 15.6 Å². The lowest BCUT2D eigenvalue weighted by Crippen LogP contribution is -2.28. The highest BCUT2D eigenvalue weighted by Crippen LogP contribution is 2.31. The van der Waals surface area contributed by atoms with Crippen molar-refractivity contribution in [2.24, 2.45) is 5.92 Å². The molecule has 2 unspecified atom stereocenters. The van der Waals surface area contributed by atoms with E-state index in [4.69, 9.17) is 17.3 Å². The van der Waals surface area contributed by atoms with Crippen LogP contribution < -0.4 is 5.73 Å². The largest absolute Gasteiger partial charge is 0.399 e. The van der Waals surface area contributed by atoms with E-state index in [-0.39, 0.29) is 11.0 Å². The van der Waals surface area contributed by atoms with Crippen molar-refractivity contribution < 1.29 is 8.42 Å². The molecule has 2 N–H and O–H groups in total. The standard InChI is InChI=1S/C14H20ClNO2S/c1-10-3-2-4-13(7-10)19(17,18)9-11-5-6-12(16)8-14(11)15/h5-6,8,10,13H,2-4,7,9,16H2,1H3. The predicted molar refractivity (Wildman–Crippen MR) is 79.9 cm³/mol. The van der Waals surface area contributed by atoms with Crippen molar-refractivity contribution in [3.05, 3.63) is 28.8 Å². The molecule has 1 aliphatic carbocycles. The van der Waals surface area contributed by atoms with Crippen molar-refractivity contribution >= 4 is 27.1 Å². The Morgan fingerprint density at radius 2 is 2.11 bits per heavy atom. The maximum absolute atomic E-state index is 12.4. The van der Waals surface area contributed by atoms with E-state index >= 15 is 0 Å². The molecule has 0 amide bonds. The number of anilines is 1. The molecule has 2 atom stereocenters. The van der Waals surface area contributed by atoms with E-state index in [1.165, 1.54) is 0 Å². The molecule has 1 aliphatic rings. The zero-order valence-electron chi connectivity index (χ0n) is 11.1. The van der Waals surface area contributed by atoms with Gasteiger partial charge in [0.2, 0.25) is 0 Å². The molecule has 106 valence electrons. The number of halogens is 1. The minimum absolute atomic E-state index is 0.0174. The fourth-order valence-corrected chi connectivity index (χ4v) is 5.12. The number of hydrogen-bond donors (Lipinski definition) is 1. The fourth-order valence-electron chi connectivity index (χ4n) is 2.72. The van der Waals surface area contributed by atoms with Crippen molar-refractivity contribution in [3.63, 3.8) is 0 Å². The van der Waals surface area contributed by atoms with Crippen LogP contribution in [0, 0.1) is 5.92 Å². The van der Waals surface area contributed by atoms with Crippen molar-refractivity contribution in [2.45, 2.75) is 43.6 Å². The first-order valence-corrected chi connectivity index (χ1v) is 8.73. The SMILES string of the molecule is CC1CCCC(S(=O)(=O)Cc2ccc(N)cc2Cl)C1. The van der Waals surface area contributed by atoms with E-state index in [1.807, 2.05) is 0 Å². The first kappa shape index (κ1) is 14.7. The smallest absolute Gasteiger partial charge is 0.157 e. The van der Waals surface area contributed by atoms with Gasteiger partial charge in [-0.3, -0.25) is 0 Å². The third-order valence-corrected chi connectivity index (χ3v) is 6.34. The van der Waals surface area contributed by atoms with Gasteiger partial charge in [0.15, 0.2) is 9.84 Å². The Hall–Kier alpha value is -0.740. The first-order chi connectivity index (χ1) is 8.88. The second-order valence-corrected chi connectivity index (χ2v) is 8.24. The van der Waals surface area contributed by atoms with Gasteiger partial charge in [0.05, 0.1) is 11.0 Å². The van der Waals surface area contributed by atoms with Gasteiger partial charge in [-0.05, 0) is 36.5 Å². The van der Waals surface area contributed by atoms with E-state index < -0.39 is 9.84 Å². The second kappa shape index (κ2) is 5.71. The summed E-state index contributed by atoms with van der Waals surface area (Å²) in [5.74, 6) is 0.513. The van der Waals surface area contributed by atoms with Gasteiger partial charge in [-0.15, -0.1) is 0 Å². The molecule has 0 aromatic heterocycles. The molecule has 5 heteroatoms. The Bertz CT molecular complexity index is 557. The third-order valence-electron chi connectivity index (χ3n) is 3.83. The van der Waals surface area contributed by atoms with Crippen LogP contribution in [0.1, 0.15) is 38.2 Å². The number of rotatable bonds is 3. The number of nitrogens with two attached hydrogens (primary N) is 1. The molecule has 1 fully saturated rings. The van der Waals surface area contributed by atoms with Crippen LogP contribution in [0.2, 0.25) is 5.02 Å². The molecular formula is C14H20ClNO2S. The molecule has 19 heavy (non-hydrogen) atoms. The molecule has 0 aliphatic heterocycles. The minimum atomic E-state index is -3.13. The van der Waals surface area contributed by atoms with E-state index in [0.29, 0.717) is 22.2 Å². The average Bonchev–Trinajstić information content (AvgIpc) is 2.33. The van der Waals surface area contributed by atoms with Gasteiger partial charge in [-0.1, -0.05) is 37.4 Å². The van der Waals surface area contributed by atoms with E-state index in [0.717, 1.165) is 25.7 Å². The predicted octanol–water partition coefficient (Wildman–Crippen LogP) is 3.42. The molecule has 1 aromatic rings. The monoisotopic (exact) mass is 301 g/mol. The summed E-state index contributed by atoms with van der Waals surface area (Å²) in [6, 6.07) is 5.01. The van der Waals surface area contributed by atoms with Gasteiger partial charge in [0.1, 0.15) is 0 Å². The van der Waals surface area contributed by atoms with Crippen LogP contribution >= 0.6 is 11.6 Å². The number of sulfone groups is 1. The highest BCUT2D eigenvalue weighted by molar-refractivity contribution is 7.91. The van der Waals surface area contributed by atoms with Crippen molar-refractivity contribution in [1.82, 2.24) is 0 Å². The van der Waals surface area contributed by atoms with E-state index in [2.05, 4.69) is 6.92 Å². The number of hydrogen-bond acceptors (Lipinski definition) is 3. The normalized spacial score (nSPS) is 24.3. The van der Waals surface area contributed by atoms with Crippen LogP contribution in [0.5, 0.6) is 0 Å². The van der Waals surface area contributed by atoms with Crippen LogP contribution in [0.4, 0.5) is 5.69 Å². The molecule has 0 spiro atoms. The Balaban J connectivity index is 2.16. The third kappa shape index (κ3) is 3.63. The van der Waals surface area contributed by atoms with Gasteiger partial charge in [-0.25, -0.2) is 8.42 Å². The Morgan fingerprint density at radius 1 is 1.37 bits per heavy atom.